The van der Waals surface area contributed by atoms with Crippen molar-refractivity contribution >= 4 is 23.0 Å². The van der Waals surface area contributed by atoms with Crippen LogP contribution in [0.25, 0.3) is 0 Å². The van der Waals surface area contributed by atoms with E-state index >= 15 is 0 Å². The van der Waals surface area contributed by atoms with Crippen molar-refractivity contribution in [3.05, 3.63) is 83.9 Å². The molecule has 0 amide bonds. The van der Waals surface area contributed by atoms with Gasteiger partial charge in [-0.15, -0.1) is 0 Å². The maximum Gasteiger partial charge on any atom is 0.416 e. The molecule has 0 bridgehead atoms. The summed E-state index contributed by atoms with van der Waals surface area (Å²) in [4.78, 5) is 12.5. The topological polar surface area (TPSA) is 92.0 Å². The predicted octanol–water partition coefficient (Wildman–Crippen LogP) is 5.30. The van der Waals surface area contributed by atoms with Crippen LogP contribution in [0.4, 0.5) is 30.2 Å². The predicted molar refractivity (Wildman–Crippen MR) is 129 cm³/mol. The van der Waals surface area contributed by atoms with E-state index in [4.69, 9.17) is 24.7 Å². The van der Waals surface area contributed by atoms with Crippen LogP contribution in [0.3, 0.4) is 0 Å². The van der Waals surface area contributed by atoms with Crippen LogP contribution >= 0.6 is 0 Å². The number of anilines is 3. The minimum atomic E-state index is -4.47. The number of nitrogens with two attached hydrogens (primary N) is 1. The number of benzene rings is 3. The molecule has 0 saturated heterocycles. The Morgan fingerprint density at radius 1 is 0.806 bits per heavy atom. The van der Waals surface area contributed by atoms with Crippen molar-refractivity contribution in [2.75, 3.05) is 50.7 Å². The Kier molecular flexibility index (Phi) is 9.96. The highest BCUT2D eigenvalue weighted by Crippen LogP contribution is 2.32. The molecule has 3 aromatic carbocycles. The number of nitrogens with one attached hydrogen (secondary N) is 1. The Morgan fingerprint density at radius 2 is 1.47 bits per heavy atom. The van der Waals surface area contributed by atoms with Gasteiger partial charge >= 0.3 is 12.1 Å². The molecule has 0 aromatic heterocycles. The van der Waals surface area contributed by atoms with Crippen molar-refractivity contribution in [1.82, 2.24) is 0 Å². The molecule has 0 aliphatic rings. The van der Waals surface area contributed by atoms with Gasteiger partial charge in [-0.25, -0.2) is 4.79 Å². The minimum absolute atomic E-state index is 0.00707. The third kappa shape index (κ3) is 8.47. The van der Waals surface area contributed by atoms with E-state index < -0.39 is 17.7 Å². The van der Waals surface area contributed by atoms with Crippen molar-refractivity contribution in [3.63, 3.8) is 0 Å². The van der Waals surface area contributed by atoms with Crippen molar-refractivity contribution in [1.29, 1.82) is 0 Å². The average molecular weight is 505 g/mol. The molecule has 3 rings (SSSR count). The first-order valence-electron chi connectivity index (χ1n) is 11.2. The van der Waals surface area contributed by atoms with Crippen LogP contribution in [0.15, 0.2) is 72.8 Å². The zero-order chi connectivity index (χ0) is 25.8. The van der Waals surface area contributed by atoms with E-state index in [1.165, 1.54) is 18.2 Å². The maximum absolute atomic E-state index is 13.0. The number of carbonyl (C=O) groups excluding carboxylic acids is 1. The second-order valence-corrected chi connectivity index (χ2v) is 7.50. The second-order valence-electron chi connectivity index (χ2n) is 7.50. The molecule has 192 valence electrons. The molecule has 7 nitrogen and oxygen atoms in total. The molecule has 10 heteroatoms. The normalized spacial score (nSPS) is 11.2. The van der Waals surface area contributed by atoms with Gasteiger partial charge in [-0.2, -0.15) is 13.2 Å². The molecule has 0 spiro atoms. The molecule has 0 aliphatic heterocycles. The molecule has 3 N–H and O–H groups in total. The van der Waals surface area contributed by atoms with E-state index in [0.29, 0.717) is 43.6 Å². The molecular formula is C26H27F3N2O5. The highest BCUT2D eigenvalue weighted by atomic mass is 19.4. The Morgan fingerprint density at radius 3 is 2.22 bits per heavy atom. The molecule has 0 atom stereocenters. The summed E-state index contributed by atoms with van der Waals surface area (Å²) in [6, 6.07) is 18.3. The number of halogens is 3. The standard InChI is InChI=1S/C26H27F3N2O5/c27-26(28,29)19-6-5-7-20(18-19)31-23-10-3-1-8-21(23)25(32)36-17-15-34-13-12-33-14-16-35-24-11-4-2-9-22(24)30/h1-11,18,31H,12-17,30H2. The number of alkyl halides is 3. The molecule has 36 heavy (non-hydrogen) atoms. The molecule has 0 saturated carbocycles. The van der Waals surface area contributed by atoms with Gasteiger partial charge in [0.1, 0.15) is 19.0 Å². The lowest BCUT2D eigenvalue weighted by Crippen LogP contribution is -2.15. The van der Waals surface area contributed by atoms with E-state index in [2.05, 4.69) is 5.32 Å². The van der Waals surface area contributed by atoms with Gasteiger partial charge in [0.15, 0.2) is 0 Å². The lowest BCUT2D eigenvalue weighted by Gasteiger charge is -2.13. The molecule has 0 unspecified atom stereocenters. The van der Waals surface area contributed by atoms with Crippen molar-refractivity contribution in [3.8, 4) is 5.75 Å². The van der Waals surface area contributed by atoms with E-state index in [0.717, 1.165) is 12.1 Å². The van der Waals surface area contributed by atoms with E-state index in [1.54, 1.807) is 30.3 Å². The average Bonchev–Trinajstić information content (AvgIpc) is 2.86. The largest absolute Gasteiger partial charge is 0.489 e. The van der Waals surface area contributed by atoms with E-state index in [-0.39, 0.29) is 24.5 Å². The Bertz CT molecular complexity index is 1120. The fraction of sp³-hybridized carbons (Fsp3) is 0.269. The third-order valence-corrected chi connectivity index (χ3v) is 4.85. The Labute approximate surface area is 206 Å². The number of hydrogen-bond acceptors (Lipinski definition) is 7. The van der Waals surface area contributed by atoms with Crippen LogP contribution in [0.1, 0.15) is 15.9 Å². The molecule has 0 aliphatic carbocycles. The number of rotatable bonds is 13. The van der Waals surface area contributed by atoms with E-state index in [9.17, 15) is 18.0 Å². The SMILES string of the molecule is Nc1ccccc1OCCOCCOCCOC(=O)c1ccccc1Nc1cccc(C(F)(F)F)c1. The van der Waals surface area contributed by atoms with Crippen molar-refractivity contribution in [2.45, 2.75) is 6.18 Å². The van der Waals surface area contributed by atoms with Gasteiger partial charge in [0.2, 0.25) is 0 Å². The highest BCUT2D eigenvalue weighted by molar-refractivity contribution is 5.96. The van der Waals surface area contributed by atoms with Crippen molar-refractivity contribution in [2.24, 2.45) is 0 Å². The Hall–Kier alpha value is -3.76. The summed E-state index contributed by atoms with van der Waals surface area (Å²) >= 11 is 0. The monoisotopic (exact) mass is 504 g/mol. The number of para-hydroxylation sites is 3. The van der Waals surface area contributed by atoms with Crippen molar-refractivity contribution < 1.29 is 36.9 Å². The first kappa shape index (κ1) is 26.8. The number of ether oxygens (including phenoxy) is 4. The van der Waals surface area contributed by atoms with Gasteiger partial charge in [-0.05, 0) is 42.5 Å². The van der Waals surface area contributed by atoms with Gasteiger partial charge in [0.25, 0.3) is 0 Å². The summed E-state index contributed by atoms with van der Waals surface area (Å²) in [6.07, 6.45) is -4.47. The molecule has 0 fully saturated rings. The lowest BCUT2D eigenvalue weighted by molar-refractivity contribution is -0.137. The molecule has 3 aromatic rings. The van der Waals surface area contributed by atoms with Crippen LogP contribution in [0, 0.1) is 0 Å². The number of carbonyl (C=O) groups is 1. The fourth-order valence-corrected chi connectivity index (χ4v) is 3.11. The quantitative estimate of drug-likeness (QED) is 0.185. The van der Waals surface area contributed by atoms with Gasteiger partial charge in [0, 0.05) is 5.69 Å². The summed E-state index contributed by atoms with van der Waals surface area (Å²) in [5.41, 5.74) is 6.28. The summed E-state index contributed by atoms with van der Waals surface area (Å²) in [5, 5.41) is 2.85. The van der Waals surface area contributed by atoms with Crippen LogP contribution in [-0.4, -0.2) is 45.6 Å². The van der Waals surface area contributed by atoms with Gasteiger partial charge < -0.3 is 30.0 Å². The van der Waals surface area contributed by atoms with Crippen LogP contribution in [-0.2, 0) is 20.4 Å². The molecule has 0 heterocycles. The second kappa shape index (κ2) is 13.4. The first-order valence-corrected chi connectivity index (χ1v) is 11.2. The Balaban J connectivity index is 1.34. The molecular weight excluding hydrogens is 477 g/mol. The van der Waals surface area contributed by atoms with Gasteiger partial charge in [-0.3, -0.25) is 0 Å². The first-order chi connectivity index (χ1) is 17.3. The zero-order valence-electron chi connectivity index (χ0n) is 19.4. The van der Waals surface area contributed by atoms with Crippen LogP contribution < -0.4 is 15.8 Å². The van der Waals surface area contributed by atoms with E-state index in [1.807, 2.05) is 12.1 Å². The minimum Gasteiger partial charge on any atom is -0.489 e. The fourth-order valence-electron chi connectivity index (χ4n) is 3.11. The molecule has 0 radical (unpaired) electrons. The van der Waals surface area contributed by atoms with Crippen LogP contribution in [0.2, 0.25) is 0 Å². The highest BCUT2D eigenvalue weighted by Gasteiger charge is 2.30. The van der Waals surface area contributed by atoms with Gasteiger partial charge in [0.05, 0.1) is 48.9 Å². The summed E-state index contributed by atoms with van der Waals surface area (Å²) in [7, 11) is 0. The number of esters is 1. The summed E-state index contributed by atoms with van der Waals surface area (Å²) in [6.45, 7) is 1.52. The third-order valence-electron chi connectivity index (χ3n) is 4.85. The number of hydrogen-bond donors (Lipinski definition) is 2. The lowest BCUT2D eigenvalue weighted by atomic mass is 10.1. The van der Waals surface area contributed by atoms with Crippen LogP contribution in [0.5, 0.6) is 5.75 Å². The zero-order valence-corrected chi connectivity index (χ0v) is 19.4. The summed E-state index contributed by atoms with van der Waals surface area (Å²) in [5.74, 6) is -0.0203. The maximum atomic E-state index is 13.0. The smallest absolute Gasteiger partial charge is 0.416 e. The summed E-state index contributed by atoms with van der Waals surface area (Å²) < 4.78 is 60.5. The number of nitrogen functional groups attached to an aromatic ring is 1. The van der Waals surface area contributed by atoms with Gasteiger partial charge in [-0.1, -0.05) is 30.3 Å².